The summed E-state index contributed by atoms with van der Waals surface area (Å²) in [6.45, 7) is 4.14. The Labute approximate surface area is 268 Å². The second-order valence-corrected chi connectivity index (χ2v) is 11.7. The van der Waals surface area contributed by atoms with Gasteiger partial charge in [0.1, 0.15) is 0 Å². The molecule has 5 rings (SSSR count). The van der Waals surface area contributed by atoms with Gasteiger partial charge in [0, 0.05) is 41.8 Å². The topological polar surface area (TPSA) is 127 Å². The number of nitro benzene ring substituents is 1. The third kappa shape index (κ3) is 6.55. The van der Waals surface area contributed by atoms with E-state index in [4.69, 9.17) is 9.47 Å². The van der Waals surface area contributed by atoms with Gasteiger partial charge in [-0.25, -0.2) is 9.79 Å². The molecule has 1 amide bonds. The van der Waals surface area contributed by atoms with E-state index in [1.807, 2.05) is 12.1 Å². The van der Waals surface area contributed by atoms with Gasteiger partial charge in [-0.15, -0.1) is 0 Å². The molecule has 1 unspecified atom stereocenters. The van der Waals surface area contributed by atoms with E-state index in [-0.39, 0.29) is 41.6 Å². The molecule has 3 aromatic rings. The number of aliphatic imine (C=N–C) groups is 2. The maximum atomic E-state index is 14.1. The SMILES string of the molecule is COC(=O)C1(N(C(=O)CCCN2CCC(c3ccccc3)(c3ccccc3)CC2)c2ccc([N+](=O)[O-])cc2)CC(C)=NC(OC)=N1. The Morgan fingerprint density at radius 1 is 0.935 bits per heavy atom. The van der Waals surface area contributed by atoms with E-state index in [9.17, 15) is 19.7 Å². The van der Waals surface area contributed by atoms with Gasteiger partial charge in [-0.05, 0) is 69.1 Å². The minimum absolute atomic E-state index is 0.0254. The zero-order valence-corrected chi connectivity index (χ0v) is 26.4. The number of hydrogen-bond donors (Lipinski definition) is 0. The van der Waals surface area contributed by atoms with Crippen molar-refractivity contribution in [1.29, 1.82) is 0 Å². The highest BCUT2D eigenvalue weighted by Crippen LogP contribution is 2.42. The number of ether oxygens (including phenoxy) is 2. The van der Waals surface area contributed by atoms with Crippen molar-refractivity contribution in [2.45, 2.75) is 50.1 Å². The number of nitro groups is 1. The average molecular weight is 626 g/mol. The largest absolute Gasteiger partial charge is 0.467 e. The quantitative estimate of drug-likeness (QED) is 0.165. The lowest BCUT2D eigenvalue weighted by atomic mass is 9.68. The van der Waals surface area contributed by atoms with E-state index in [1.165, 1.54) is 54.5 Å². The summed E-state index contributed by atoms with van der Waals surface area (Å²) in [6, 6.07) is 26.7. The first-order valence-electron chi connectivity index (χ1n) is 15.4. The third-order valence-corrected chi connectivity index (χ3v) is 8.93. The number of anilines is 1. The van der Waals surface area contributed by atoms with Crippen LogP contribution in [0.25, 0.3) is 0 Å². The Kier molecular flexibility index (Phi) is 9.91. The lowest BCUT2D eigenvalue weighted by Gasteiger charge is -2.43. The summed E-state index contributed by atoms with van der Waals surface area (Å²) in [7, 11) is 2.61. The lowest BCUT2D eigenvalue weighted by Crippen LogP contribution is -2.59. The van der Waals surface area contributed by atoms with Crippen LogP contribution >= 0.6 is 0 Å². The van der Waals surface area contributed by atoms with Crippen molar-refractivity contribution in [3.63, 3.8) is 0 Å². The van der Waals surface area contributed by atoms with Crippen LogP contribution in [0.5, 0.6) is 0 Å². The number of methoxy groups -OCH3 is 2. The lowest BCUT2D eigenvalue weighted by molar-refractivity contribution is -0.384. The number of piperidine rings is 1. The third-order valence-electron chi connectivity index (χ3n) is 8.93. The van der Waals surface area contributed by atoms with E-state index in [0.717, 1.165) is 25.9 Å². The van der Waals surface area contributed by atoms with E-state index in [2.05, 4.69) is 63.4 Å². The molecule has 0 bridgehead atoms. The molecule has 1 saturated heterocycles. The van der Waals surface area contributed by atoms with Crippen molar-refractivity contribution in [3.05, 3.63) is 106 Å². The second kappa shape index (κ2) is 14.0. The summed E-state index contributed by atoms with van der Waals surface area (Å²) in [5.41, 5.74) is 1.38. The van der Waals surface area contributed by atoms with Gasteiger partial charge < -0.3 is 14.4 Å². The van der Waals surface area contributed by atoms with Crippen molar-refractivity contribution in [1.82, 2.24) is 4.90 Å². The Bertz CT molecular complexity index is 1560. The first kappa shape index (κ1) is 32.5. The van der Waals surface area contributed by atoms with Gasteiger partial charge in [-0.1, -0.05) is 60.7 Å². The minimum Gasteiger partial charge on any atom is -0.467 e. The fourth-order valence-corrected chi connectivity index (χ4v) is 6.64. The number of hydrogen-bond acceptors (Lipinski definition) is 9. The fraction of sp³-hybridized carbons (Fsp3) is 0.371. The number of amides is 1. The van der Waals surface area contributed by atoms with E-state index in [0.29, 0.717) is 18.7 Å². The Hall–Kier alpha value is -4.90. The standard InChI is InChI=1S/C35H39N5O6/c1-26-25-35(32(42)45-2,37-33(36-26)46-3)39(29-16-18-30(19-17-29)40(43)44)31(41)15-10-22-38-23-20-34(21-24-38,27-11-6-4-7-12-27)28-13-8-5-9-14-28/h4-9,11-14,16-19H,10,15,20-25H2,1-3H3. The van der Waals surface area contributed by atoms with Crippen LogP contribution in [0.3, 0.4) is 0 Å². The van der Waals surface area contributed by atoms with Gasteiger partial charge in [0.15, 0.2) is 0 Å². The Balaban J connectivity index is 1.35. The number of esters is 1. The van der Waals surface area contributed by atoms with Crippen molar-refractivity contribution in [2.24, 2.45) is 9.98 Å². The molecule has 1 fully saturated rings. The normalized spacial score (nSPS) is 19.4. The molecular weight excluding hydrogens is 586 g/mol. The molecule has 2 heterocycles. The zero-order chi connectivity index (χ0) is 32.7. The van der Waals surface area contributed by atoms with Crippen LogP contribution in [-0.2, 0) is 24.5 Å². The molecule has 2 aliphatic rings. The highest BCUT2D eigenvalue weighted by atomic mass is 16.6. The zero-order valence-electron chi connectivity index (χ0n) is 26.4. The van der Waals surface area contributed by atoms with Crippen LogP contribution in [0.4, 0.5) is 11.4 Å². The molecule has 0 aromatic heterocycles. The first-order chi connectivity index (χ1) is 22.2. The summed E-state index contributed by atoms with van der Waals surface area (Å²) in [4.78, 5) is 50.8. The molecule has 2 aliphatic heterocycles. The van der Waals surface area contributed by atoms with Gasteiger partial charge in [-0.3, -0.25) is 19.8 Å². The van der Waals surface area contributed by atoms with Crippen LogP contribution in [-0.4, -0.2) is 72.9 Å². The summed E-state index contributed by atoms with van der Waals surface area (Å²) in [6.07, 6.45) is 2.52. The number of rotatable bonds is 10. The van der Waals surface area contributed by atoms with Gasteiger partial charge in [0.25, 0.3) is 5.69 Å². The number of likely N-dealkylation sites (tertiary alicyclic amines) is 1. The van der Waals surface area contributed by atoms with Gasteiger partial charge in [0.05, 0.1) is 19.1 Å². The fourth-order valence-electron chi connectivity index (χ4n) is 6.64. The predicted octanol–water partition coefficient (Wildman–Crippen LogP) is 5.53. The molecule has 3 aromatic carbocycles. The maximum Gasteiger partial charge on any atom is 0.355 e. The molecule has 46 heavy (non-hydrogen) atoms. The molecular formula is C35H39N5O6. The van der Waals surface area contributed by atoms with E-state index in [1.54, 1.807) is 6.92 Å². The van der Waals surface area contributed by atoms with Gasteiger partial charge in [-0.2, -0.15) is 4.99 Å². The molecule has 0 saturated carbocycles. The number of carbonyl (C=O) groups is 2. The van der Waals surface area contributed by atoms with Crippen LogP contribution in [0.1, 0.15) is 50.2 Å². The number of non-ortho nitro benzene ring substituents is 1. The second-order valence-electron chi connectivity index (χ2n) is 11.7. The monoisotopic (exact) mass is 625 g/mol. The molecule has 0 radical (unpaired) electrons. The highest BCUT2D eigenvalue weighted by Gasteiger charge is 2.51. The molecule has 11 nitrogen and oxygen atoms in total. The number of amidine groups is 1. The van der Waals surface area contributed by atoms with Crippen molar-refractivity contribution in [3.8, 4) is 0 Å². The smallest absolute Gasteiger partial charge is 0.355 e. The van der Waals surface area contributed by atoms with Gasteiger partial charge in [0.2, 0.25) is 11.6 Å². The molecule has 1 atom stereocenters. The number of carbonyl (C=O) groups excluding carboxylic acids is 2. The highest BCUT2D eigenvalue weighted by molar-refractivity contribution is 6.08. The summed E-state index contributed by atoms with van der Waals surface area (Å²) < 4.78 is 10.5. The summed E-state index contributed by atoms with van der Waals surface area (Å²) >= 11 is 0. The molecule has 0 aliphatic carbocycles. The molecule has 0 spiro atoms. The summed E-state index contributed by atoms with van der Waals surface area (Å²) in [5.74, 6) is -1.13. The van der Waals surface area contributed by atoms with Crippen LogP contribution in [0.2, 0.25) is 0 Å². The number of nitrogens with zero attached hydrogens (tertiary/aromatic N) is 5. The minimum atomic E-state index is -1.82. The summed E-state index contributed by atoms with van der Waals surface area (Å²) in [5, 5.41) is 11.3. The van der Waals surface area contributed by atoms with E-state index >= 15 is 0 Å². The van der Waals surface area contributed by atoms with Gasteiger partial charge >= 0.3 is 12.0 Å². The van der Waals surface area contributed by atoms with Crippen molar-refractivity contribution < 1.29 is 24.0 Å². The van der Waals surface area contributed by atoms with Crippen molar-refractivity contribution in [2.75, 3.05) is 38.8 Å². The Morgan fingerprint density at radius 2 is 1.52 bits per heavy atom. The van der Waals surface area contributed by atoms with E-state index < -0.39 is 16.6 Å². The Morgan fingerprint density at radius 3 is 2.04 bits per heavy atom. The number of benzene rings is 3. The predicted molar refractivity (Wildman–Crippen MR) is 176 cm³/mol. The van der Waals surface area contributed by atoms with Crippen molar-refractivity contribution >= 4 is 35.0 Å². The molecule has 240 valence electrons. The van der Waals surface area contributed by atoms with Crippen LogP contribution in [0.15, 0.2) is 94.9 Å². The van der Waals surface area contributed by atoms with Crippen LogP contribution in [0, 0.1) is 10.1 Å². The molecule has 11 heteroatoms. The maximum absolute atomic E-state index is 14.1. The van der Waals surface area contributed by atoms with Crippen LogP contribution < -0.4 is 4.90 Å². The molecule has 0 N–H and O–H groups in total. The first-order valence-corrected chi connectivity index (χ1v) is 15.4. The average Bonchev–Trinajstić information content (AvgIpc) is 3.09.